The molecule has 0 radical (unpaired) electrons. The fourth-order valence-electron chi connectivity index (χ4n) is 4.90. The highest BCUT2D eigenvalue weighted by molar-refractivity contribution is 5.97. The third kappa shape index (κ3) is 6.32. The molecule has 0 aromatic heterocycles. The third-order valence-electron chi connectivity index (χ3n) is 6.69. The lowest BCUT2D eigenvalue weighted by molar-refractivity contribution is 0.0493. The van der Waals surface area contributed by atoms with Gasteiger partial charge in [-0.15, -0.1) is 0 Å². The summed E-state index contributed by atoms with van der Waals surface area (Å²) < 4.78 is 0. The van der Waals surface area contributed by atoms with E-state index in [1.165, 1.54) is 11.1 Å². The second-order valence-electron chi connectivity index (χ2n) is 9.67. The van der Waals surface area contributed by atoms with E-state index >= 15 is 0 Å². The lowest BCUT2D eigenvalue weighted by atomic mass is 9.96. The van der Waals surface area contributed by atoms with Crippen molar-refractivity contribution in [2.24, 2.45) is 0 Å². The summed E-state index contributed by atoms with van der Waals surface area (Å²) in [6.07, 6.45) is 7.91. The second kappa shape index (κ2) is 11.1. The average Bonchev–Trinajstić information content (AvgIpc) is 2.80. The molecule has 0 saturated heterocycles. The highest BCUT2D eigenvalue weighted by Gasteiger charge is 2.27. The summed E-state index contributed by atoms with van der Waals surface area (Å²) in [5.41, 5.74) is 5.82. The van der Waals surface area contributed by atoms with Gasteiger partial charge in [0.05, 0.1) is 6.10 Å². The predicted octanol–water partition coefficient (Wildman–Crippen LogP) is 3.46. The van der Waals surface area contributed by atoms with Gasteiger partial charge < -0.3 is 14.9 Å². The summed E-state index contributed by atoms with van der Waals surface area (Å²) in [7, 11) is 4.19. The summed E-state index contributed by atoms with van der Waals surface area (Å²) in [5, 5.41) is 10.7. The summed E-state index contributed by atoms with van der Waals surface area (Å²) in [4.78, 5) is 19.4. The van der Waals surface area contributed by atoms with Gasteiger partial charge in [0.15, 0.2) is 0 Å². The molecule has 2 aromatic carbocycles. The van der Waals surface area contributed by atoms with Crippen LogP contribution in [-0.4, -0.2) is 78.6 Å². The Balaban J connectivity index is 1.29. The van der Waals surface area contributed by atoms with Crippen LogP contribution in [0.25, 0.3) is 6.08 Å². The molecule has 0 saturated carbocycles. The number of aliphatic hydroxyl groups excluding tert-OH is 1. The number of rotatable bonds is 9. The number of nitrogens with zero attached hydrogens (tertiary/aromatic N) is 3. The van der Waals surface area contributed by atoms with Crippen molar-refractivity contribution in [2.75, 3.05) is 46.8 Å². The van der Waals surface area contributed by atoms with E-state index in [0.29, 0.717) is 19.6 Å². The standard InChI is InChI=1S/C28H37N3O2/c1-29(2)15-7-3-4-8-22-11-12-27-24(18-22)14-17-31(28(27)33)21-26(32)20-30-16-13-23-9-5-6-10-25(23)19-30/h4-6,8-12,18,26,32H,3,7,13-17,19-21H2,1-2H3/t26-/m1/s1. The first-order chi connectivity index (χ1) is 16.0. The highest BCUT2D eigenvalue weighted by atomic mass is 16.3. The number of hydrogen-bond acceptors (Lipinski definition) is 4. The molecule has 1 N–H and O–H groups in total. The van der Waals surface area contributed by atoms with Crippen LogP contribution in [0.5, 0.6) is 0 Å². The Hall–Kier alpha value is -2.47. The summed E-state index contributed by atoms with van der Waals surface area (Å²) in [6, 6.07) is 14.7. The number of β-amino-alcohol motifs (C(OH)–C–C–N with tert-alkyl or cyclic N) is 1. The van der Waals surface area contributed by atoms with Crippen LogP contribution in [0.4, 0.5) is 0 Å². The van der Waals surface area contributed by atoms with E-state index in [1.807, 2.05) is 17.0 Å². The largest absolute Gasteiger partial charge is 0.390 e. The maximum atomic E-state index is 13.1. The number of amides is 1. The maximum absolute atomic E-state index is 13.1. The van der Waals surface area contributed by atoms with Crippen LogP contribution in [0.3, 0.4) is 0 Å². The predicted molar refractivity (Wildman–Crippen MR) is 134 cm³/mol. The first kappa shape index (κ1) is 23.7. The van der Waals surface area contributed by atoms with Crippen LogP contribution in [0, 0.1) is 0 Å². The zero-order chi connectivity index (χ0) is 23.2. The Labute approximate surface area is 198 Å². The van der Waals surface area contributed by atoms with Crippen molar-refractivity contribution in [2.45, 2.75) is 38.3 Å². The molecule has 2 aliphatic heterocycles. The number of allylic oxidation sites excluding steroid dienone is 1. The molecule has 176 valence electrons. The minimum Gasteiger partial charge on any atom is -0.390 e. The van der Waals surface area contributed by atoms with Crippen LogP contribution in [0.15, 0.2) is 48.5 Å². The minimum absolute atomic E-state index is 0.0424. The maximum Gasteiger partial charge on any atom is 0.254 e. The van der Waals surface area contributed by atoms with Gasteiger partial charge in [-0.25, -0.2) is 0 Å². The molecule has 0 bridgehead atoms. The molecule has 33 heavy (non-hydrogen) atoms. The van der Waals surface area contributed by atoms with E-state index in [-0.39, 0.29) is 5.91 Å². The fraction of sp³-hybridized carbons (Fsp3) is 0.464. The number of carbonyl (C=O) groups is 1. The number of benzene rings is 2. The molecule has 2 heterocycles. The van der Waals surface area contributed by atoms with Crippen LogP contribution >= 0.6 is 0 Å². The number of carbonyl (C=O) groups excluding carboxylic acids is 1. The van der Waals surface area contributed by atoms with Gasteiger partial charge in [0, 0.05) is 38.3 Å². The lowest BCUT2D eigenvalue weighted by Crippen LogP contribution is -2.46. The van der Waals surface area contributed by atoms with E-state index in [0.717, 1.165) is 62.0 Å². The SMILES string of the molecule is CN(C)CCCC=Cc1ccc2c(c1)CCN(C[C@H](O)CN1CCc3ccccc3C1)C2=O. The highest BCUT2D eigenvalue weighted by Crippen LogP contribution is 2.22. The fourth-order valence-corrected chi connectivity index (χ4v) is 4.90. The summed E-state index contributed by atoms with van der Waals surface area (Å²) >= 11 is 0. The molecule has 1 atom stereocenters. The zero-order valence-electron chi connectivity index (χ0n) is 20.0. The van der Waals surface area contributed by atoms with Crippen LogP contribution in [0.2, 0.25) is 0 Å². The third-order valence-corrected chi connectivity index (χ3v) is 6.69. The van der Waals surface area contributed by atoms with E-state index in [4.69, 9.17) is 0 Å². The van der Waals surface area contributed by atoms with Crippen molar-refractivity contribution < 1.29 is 9.90 Å². The van der Waals surface area contributed by atoms with Crippen molar-refractivity contribution in [3.8, 4) is 0 Å². The summed E-state index contributed by atoms with van der Waals surface area (Å²) in [5.74, 6) is 0.0424. The molecule has 0 unspecified atom stereocenters. The Morgan fingerprint density at radius 1 is 1.03 bits per heavy atom. The van der Waals surface area contributed by atoms with Crippen molar-refractivity contribution in [3.63, 3.8) is 0 Å². The van der Waals surface area contributed by atoms with Crippen molar-refractivity contribution >= 4 is 12.0 Å². The molecular weight excluding hydrogens is 410 g/mol. The van der Waals surface area contributed by atoms with Gasteiger partial charge in [0.2, 0.25) is 0 Å². The normalized spacial score (nSPS) is 17.5. The van der Waals surface area contributed by atoms with Gasteiger partial charge in [-0.3, -0.25) is 9.69 Å². The molecule has 2 aliphatic rings. The van der Waals surface area contributed by atoms with Gasteiger partial charge >= 0.3 is 0 Å². The van der Waals surface area contributed by atoms with Gasteiger partial charge in [-0.1, -0.05) is 48.6 Å². The quantitative estimate of drug-likeness (QED) is 0.598. The zero-order valence-corrected chi connectivity index (χ0v) is 20.0. The molecule has 5 heteroatoms. The first-order valence-electron chi connectivity index (χ1n) is 12.2. The molecule has 0 spiro atoms. The van der Waals surface area contributed by atoms with E-state index in [1.54, 1.807) is 0 Å². The smallest absolute Gasteiger partial charge is 0.254 e. The molecule has 0 fully saturated rings. The average molecular weight is 448 g/mol. The topological polar surface area (TPSA) is 47.0 Å². The minimum atomic E-state index is -0.537. The van der Waals surface area contributed by atoms with E-state index in [2.05, 4.69) is 66.4 Å². The van der Waals surface area contributed by atoms with Crippen molar-refractivity contribution in [1.82, 2.24) is 14.7 Å². The molecule has 4 rings (SSSR count). The monoisotopic (exact) mass is 447 g/mol. The molecule has 2 aromatic rings. The lowest BCUT2D eigenvalue weighted by Gasteiger charge is -2.34. The van der Waals surface area contributed by atoms with Crippen LogP contribution in [-0.2, 0) is 19.4 Å². The first-order valence-corrected chi connectivity index (χ1v) is 12.2. The van der Waals surface area contributed by atoms with E-state index < -0.39 is 6.10 Å². The van der Waals surface area contributed by atoms with Crippen molar-refractivity contribution in [1.29, 1.82) is 0 Å². The second-order valence-corrected chi connectivity index (χ2v) is 9.67. The van der Waals surface area contributed by atoms with Crippen LogP contribution < -0.4 is 0 Å². The Morgan fingerprint density at radius 3 is 2.64 bits per heavy atom. The Bertz CT molecular complexity index is 985. The molecule has 0 aliphatic carbocycles. The van der Waals surface area contributed by atoms with Gasteiger partial charge in [-0.2, -0.15) is 0 Å². The summed E-state index contributed by atoms with van der Waals surface area (Å²) in [6.45, 7) is 4.58. The van der Waals surface area contributed by atoms with Gasteiger partial charge in [-0.05, 0) is 74.6 Å². The van der Waals surface area contributed by atoms with Gasteiger partial charge in [0.25, 0.3) is 5.91 Å². The molecule has 1 amide bonds. The van der Waals surface area contributed by atoms with Crippen LogP contribution in [0.1, 0.15) is 45.5 Å². The van der Waals surface area contributed by atoms with Gasteiger partial charge in [0.1, 0.15) is 0 Å². The number of aliphatic hydroxyl groups is 1. The molecule has 5 nitrogen and oxygen atoms in total. The van der Waals surface area contributed by atoms with E-state index in [9.17, 15) is 9.90 Å². The Morgan fingerprint density at radius 2 is 1.82 bits per heavy atom. The van der Waals surface area contributed by atoms with Crippen molar-refractivity contribution in [3.05, 3.63) is 76.4 Å². The molecular formula is C28H37N3O2. The number of hydrogen-bond donors (Lipinski definition) is 1. The number of fused-ring (bicyclic) bond motifs is 2. The Kier molecular flexibility index (Phi) is 7.97. The number of unbranched alkanes of at least 4 members (excludes halogenated alkanes) is 1.